The zero-order valence-corrected chi connectivity index (χ0v) is 8.14. The van der Waals surface area contributed by atoms with Crippen LogP contribution in [0.4, 0.5) is 0 Å². The van der Waals surface area contributed by atoms with Crippen LogP contribution in [0.3, 0.4) is 0 Å². The van der Waals surface area contributed by atoms with Crippen molar-refractivity contribution in [1.29, 1.82) is 0 Å². The van der Waals surface area contributed by atoms with Crippen LogP contribution in [0.2, 0.25) is 0 Å². The summed E-state index contributed by atoms with van der Waals surface area (Å²) in [6, 6.07) is 0. The number of carboxylic acids is 1. The van der Waals surface area contributed by atoms with E-state index in [1.807, 2.05) is 0 Å². The molecule has 0 saturated heterocycles. The lowest BCUT2D eigenvalue weighted by atomic mass is 10.2. The number of oxazole rings is 2. The van der Waals surface area contributed by atoms with Gasteiger partial charge in [-0.3, -0.25) is 0 Å². The van der Waals surface area contributed by atoms with E-state index in [4.69, 9.17) is 13.9 Å². The SMILES string of the molecule is Cc1nc(C)c(-c2ocnc2C(=O)O)o1. The highest BCUT2D eigenvalue weighted by Gasteiger charge is 2.22. The number of carbonyl (C=O) groups is 1. The summed E-state index contributed by atoms with van der Waals surface area (Å²) >= 11 is 0. The van der Waals surface area contributed by atoms with E-state index in [9.17, 15) is 4.79 Å². The molecule has 0 saturated carbocycles. The molecule has 2 aromatic heterocycles. The number of aromatic carboxylic acids is 1. The molecule has 0 amide bonds. The summed E-state index contributed by atoms with van der Waals surface area (Å²) in [5.41, 5.74) is 0.404. The van der Waals surface area contributed by atoms with Crippen molar-refractivity contribution in [1.82, 2.24) is 9.97 Å². The van der Waals surface area contributed by atoms with E-state index in [0.29, 0.717) is 17.3 Å². The standard InChI is InChI=1S/C9H8N2O4/c1-4-7(15-5(2)11-4)8-6(9(12)13)10-3-14-8/h3H,1-2H3,(H,12,13). The van der Waals surface area contributed by atoms with E-state index in [2.05, 4.69) is 9.97 Å². The van der Waals surface area contributed by atoms with Crippen molar-refractivity contribution >= 4 is 5.97 Å². The topological polar surface area (TPSA) is 89.4 Å². The van der Waals surface area contributed by atoms with Gasteiger partial charge in [-0.25, -0.2) is 14.8 Å². The van der Waals surface area contributed by atoms with Crippen molar-refractivity contribution in [2.45, 2.75) is 13.8 Å². The van der Waals surface area contributed by atoms with E-state index >= 15 is 0 Å². The Morgan fingerprint density at radius 3 is 2.67 bits per heavy atom. The number of aromatic nitrogens is 2. The number of aryl methyl sites for hydroxylation is 2. The predicted octanol–water partition coefficient (Wildman–Crippen LogP) is 1.64. The minimum atomic E-state index is -1.16. The molecular weight excluding hydrogens is 200 g/mol. The van der Waals surface area contributed by atoms with Gasteiger partial charge in [0, 0.05) is 6.92 Å². The van der Waals surface area contributed by atoms with Crippen LogP contribution in [-0.2, 0) is 0 Å². The van der Waals surface area contributed by atoms with Crippen LogP contribution >= 0.6 is 0 Å². The lowest BCUT2D eigenvalue weighted by Crippen LogP contribution is -1.98. The summed E-state index contributed by atoms with van der Waals surface area (Å²) in [5.74, 6) is -0.301. The fourth-order valence-corrected chi connectivity index (χ4v) is 1.30. The maximum atomic E-state index is 10.8. The maximum absolute atomic E-state index is 10.8. The Balaban J connectivity index is 2.58. The van der Waals surface area contributed by atoms with Gasteiger partial charge in [-0.2, -0.15) is 0 Å². The summed E-state index contributed by atoms with van der Waals surface area (Å²) in [7, 11) is 0. The first kappa shape index (κ1) is 9.45. The molecular formula is C9H8N2O4. The predicted molar refractivity (Wildman–Crippen MR) is 48.4 cm³/mol. The average molecular weight is 208 g/mol. The van der Waals surface area contributed by atoms with Crippen LogP contribution in [0.25, 0.3) is 11.5 Å². The highest BCUT2D eigenvalue weighted by Crippen LogP contribution is 2.26. The highest BCUT2D eigenvalue weighted by atomic mass is 16.4. The molecule has 0 aromatic carbocycles. The molecule has 0 atom stereocenters. The third-order valence-corrected chi connectivity index (χ3v) is 1.88. The maximum Gasteiger partial charge on any atom is 0.358 e. The van der Waals surface area contributed by atoms with Crippen LogP contribution in [0, 0.1) is 13.8 Å². The molecule has 0 aliphatic carbocycles. The normalized spacial score (nSPS) is 10.5. The number of carboxylic acid groups (broad SMARTS) is 1. The van der Waals surface area contributed by atoms with Crippen molar-refractivity contribution in [2.75, 3.05) is 0 Å². The molecule has 0 fully saturated rings. The quantitative estimate of drug-likeness (QED) is 0.806. The van der Waals surface area contributed by atoms with Gasteiger partial charge in [0.1, 0.15) is 0 Å². The molecule has 1 N–H and O–H groups in total. The largest absolute Gasteiger partial charge is 0.476 e. The fourth-order valence-electron chi connectivity index (χ4n) is 1.30. The molecule has 0 aliphatic heterocycles. The molecule has 2 aromatic rings. The molecule has 15 heavy (non-hydrogen) atoms. The van der Waals surface area contributed by atoms with Crippen LogP contribution in [0.5, 0.6) is 0 Å². The van der Waals surface area contributed by atoms with Gasteiger partial charge in [0.05, 0.1) is 5.69 Å². The zero-order valence-electron chi connectivity index (χ0n) is 8.14. The first-order valence-electron chi connectivity index (χ1n) is 4.20. The summed E-state index contributed by atoms with van der Waals surface area (Å²) in [6.45, 7) is 3.38. The van der Waals surface area contributed by atoms with Crippen molar-refractivity contribution in [2.24, 2.45) is 0 Å². The Bertz CT molecular complexity index is 512. The van der Waals surface area contributed by atoms with Crippen molar-refractivity contribution in [3.63, 3.8) is 0 Å². The Labute approximate surface area is 84.6 Å². The fraction of sp³-hybridized carbons (Fsp3) is 0.222. The smallest absolute Gasteiger partial charge is 0.358 e. The first-order chi connectivity index (χ1) is 7.09. The Morgan fingerprint density at radius 1 is 1.40 bits per heavy atom. The van der Waals surface area contributed by atoms with Crippen molar-refractivity contribution in [3.8, 4) is 11.5 Å². The molecule has 2 heterocycles. The third-order valence-electron chi connectivity index (χ3n) is 1.88. The second-order valence-electron chi connectivity index (χ2n) is 2.98. The van der Waals surface area contributed by atoms with Gasteiger partial charge in [-0.05, 0) is 6.92 Å². The lowest BCUT2D eigenvalue weighted by molar-refractivity contribution is 0.0691. The van der Waals surface area contributed by atoms with Crippen molar-refractivity contribution in [3.05, 3.63) is 23.7 Å². The Morgan fingerprint density at radius 2 is 2.13 bits per heavy atom. The minimum absolute atomic E-state index is 0.0978. The zero-order chi connectivity index (χ0) is 11.0. The van der Waals surface area contributed by atoms with E-state index in [1.165, 1.54) is 0 Å². The average Bonchev–Trinajstić information content (AvgIpc) is 2.71. The number of nitrogens with zero attached hydrogens (tertiary/aromatic N) is 2. The minimum Gasteiger partial charge on any atom is -0.476 e. The second kappa shape index (κ2) is 3.23. The molecule has 0 aliphatic rings. The van der Waals surface area contributed by atoms with E-state index in [-0.39, 0.29) is 11.5 Å². The Kier molecular flexibility index (Phi) is 2.03. The van der Waals surface area contributed by atoms with Crippen molar-refractivity contribution < 1.29 is 18.7 Å². The molecule has 6 nitrogen and oxygen atoms in total. The molecule has 2 rings (SSSR count). The van der Waals surface area contributed by atoms with E-state index in [1.54, 1.807) is 13.8 Å². The molecule has 0 unspecified atom stereocenters. The molecule has 0 bridgehead atoms. The summed E-state index contributed by atoms with van der Waals surface area (Å²) in [4.78, 5) is 18.4. The molecule has 0 spiro atoms. The monoisotopic (exact) mass is 208 g/mol. The molecule has 6 heteroatoms. The van der Waals surface area contributed by atoms with E-state index in [0.717, 1.165) is 6.39 Å². The summed E-state index contributed by atoms with van der Waals surface area (Å²) in [6.07, 6.45) is 1.07. The molecule has 78 valence electrons. The van der Waals surface area contributed by atoms with Crippen LogP contribution in [-0.4, -0.2) is 21.0 Å². The number of rotatable bonds is 2. The Hall–Kier alpha value is -2.11. The van der Waals surface area contributed by atoms with Gasteiger partial charge in [-0.15, -0.1) is 0 Å². The number of hydrogen-bond donors (Lipinski definition) is 1. The summed E-state index contributed by atoms with van der Waals surface area (Å²) in [5, 5.41) is 8.83. The second-order valence-corrected chi connectivity index (χ2v) is 2.98. The van der Waals surface area contributed by atoms with Crippen LogP contribution in [0.15, 0.2) is 15.2 Å². The van der Waals surface area contributed by atoms with Crippen LogP contribution < -0.4 is 0 Å². The first-order valence-corrected chi connectivity index (χ1v) is 4.20. The van der Waals surface area contributed by atoms with Gasteiger partial charge in [0.15, 0.2) is 23.7 Å². The lowest BCUT2D eigenvalue weighted by Gasteiger charge is -1.92. The van der Waals surface area contributed by atoms with Gasteiger partial charge in [0.25, 0.3) is 0 Å². The summed E-state index contributed by atoms with van der Waals surface area (Å²) < 4.78 is 10.2. The van der Waals surface area contributed by atoms with Gasteiger partial charge in [-0.1, -0.05) is 0 Å². The molecule has 0 radical (unpaired) electrons. The van der Waals surface area contributed by atoms with Crippen LogP contribution in [0.1, 0.15) is 22.1 Å². The van der Waals surface area contributed by atoms with Gasteiger partial charge < -0.3 is 13.9 Å². The van der Waals surface area contributed by atoms with E-state index < -0.39 is 5.97 Å². The van der Waals surface area contributed by atoms with Gasteiger partial charge in [0.2, 0.25) is 5.76 Å². The van der Waals surface area contributed by atoms with Gasteiger partial charge >= 0.3 is 5.97 Å². The third kappa shape index (κ3) is 1.50. The number of hydrogen-bond acceptors (Lipinski definition) is 5. The highest BCUT2D eigenvalue weighted by molar-refractivity contribution is 5.91.